The van der Waals surface area contributed by atoms with Gasteiger partial charge < -0.3 is 5.32 Å². The Morgan fingerprint density at radius 3 is 2.33 bits per heavy atom. The molecule has 1 saturated heterocycles. The van der Waals surface area contributed by atoms with E-state index in [-0.39, 0.29) is 24.8 Å². The first-order valence-corrected chi connectivity index (χ1v) is 8.74. The summed E-state index contributed by atoms with van der Waals surface area (Å²) in [5.41, 5.74) is 1.46. The van der Waals surface area contributed by atoms with Gasteiger partial charge in [0.1, 0.15) is 0 Å². The smallest absolute Gasteiger partial charge is 0.0388 e. The predicted octanol–water partition coefficient (Wildman–Crippen LogP) is 4.80. The Hall–Kier alpha value is 0.680. The van der Waals surface area contributed by atoms with Crippen LogP contribution in [0.25, 0.3) is 0 Å². The molecule has 2 fully saturated rings. The van der Waals surface area contributed by atoms with Crippen LogP contribution in [0.4, 0.5) is 0 Å². The van der Waals surface area contributed by atoms with Crippen LogP contribution in [0.15, 0.2) is 27.1 Å². The lowest BCUT2D eigenvalue weighted by atomic mass is 9.76. The highest BCUT2D eigenvalue weighted by molar-refractivity contribution is 9.11. The van der Waals surface area contributed by atoms with Crippen LogP contribution in [0.3, 0.4) is 0 Å². The highest BCUT2D eigenvalue weighted by atomic mass is 79.9. The molecule has 1 heterocycles. The van der Waals surface area contributed by atoms with E-state index in [2.05, 4.69) is 60.3 Å². The van der Waals surface area contributed by atoms with E-state index in [9.17, 15) is 0 Å². The lowest BCUT2D eigenvalue weighted by molar-refractivity contribution is 0.0832. The standard InChI is InChI=1S/C15H20Br2N2.2ClH/c16-12-4-5-14(17)13(10-12)15(11-2-1-3-11)19-8-6-18-7-9-19;;/h4-5,10-11,15,18H,1-3,6-9H2;2*1H/t15-;;/m1../s1. The summed E-state index contributed by atoms with van der Waals surface area (Å²) >= 11 is 7.38. The van der Waals surface area contributed by atoms with Gasteiger partial charge in [0.05, 0.1) is 0 Å². The molecule has 0 aromatic heterocycles. The average molecular weight is 461 g/mol. The molecule has 1 aromatic carbocycles. The molecule has 1 N–H and O–H groups in total. The van der Waals surface area contributed by atoms with Crippen molar-refractivity contribution in [1.82, 2.24) is 10.2 Å². The van der Waals surface area contributed by atoms with Crippen LogP contribution in [0.1, 0.15) is 30.9 Å². The Bertz CT molecular complexity index is 449. The molecule has 0 amide bonds. The van der Waals surface area contributed by atoms with Crippen LogP contribution in [0, 0.1) is 5.92 Å². The van der Waals surface area contributed by atoms with Gasteiger partial charge in [-0.05, 0) is 42.5 Å². The summed E-state index contributed by atoms with van der Waals surface area (Å²) in [5.74, 6) is 0.837. The third-order valence-electron chi connectivity index (χ3n) is 4.42. The number of halogens is 4. The minimum absolute atomic E-state index is 0. The molecule has 6 heteroatoms. The van der Waals surface area contributed by atoms with Gasteiger partial charge in [0.15, 0.2) is 0 Å². The Labute approximate surface area is 156 Å². The SMILES string of the molecule is Brc1ccc(Br)c([C@@H](C2CCC2)N2CCNCC2)c1.Cl.Cl. The molecule has 3 rings (SSSR count). The summed E-state index contributed by atoms with van der Waals surface area (Å²) < 4.78 is 2.44. The van der Waals surface area contributed by atoms with Crippen molar-refractivity contribution in [2.75, 3.05) is 26.2 Å². The zero-order valence-corrected chi connectivity index (χ0v) is 16.7. The van der Waals surface area contributed by atoms with Gasteiger partial charge in [0, 0.05) is 41.2 Å². The largest absolute Gasteiger partial charge is 0.314 e. The lowest BCUT2D eigenvalue weighted by Crippen LogP contribution is -2.47. The van der Waals surface area contributed by atoms with Gasteiger partial charge in [-0.15, -0.1) is 24.8 Å². The molecule has 1 atom stereocenters. The molecule has 0 unspecified atom stereocenters. The zero-order valence-electron chi connectivity index (χ0n) is 11.9. The van der Waals surface area contributed by atoms with E-state index in [1.807, 2.05) is 0 Å². The first kappa shape index (κ1) is 19.7. The van der Waals surface area contributed by atoms with E-state index in [0.717, 1.165) is 19.0 Å². The summed E-state index contributed by atoms with van der Waals surface area (Å²) in [6, 6.07) is 7.17. The quantitative estimate of drug-likeness (QED) is 0.696. The summed E-state index contributed by atoms with van der Waals surface area (Å²) in [6.45, 7) is 4.57. The first-order valence-electron chi connectivity index (χ1n) is 7.15. The Morgan fingerprint density at radius 2 is 1.76 bits per heavy atom. The van der Waals surface area contributed by atoms with E-state index in [4.69, 9.17) is 0 Å². The number of hydrogen-bond donors (Lipinski definition) is 1. The molecule has 21 heavy (non-hydrogen) atoms. The van der Waals surface area contributed by atoms with E-state index >= 15 is 0 Å². The Kier molecular flexibility index (Phi) is 8.54. The fourth-order valence-electron chi connectivity index (χ4n) is 3.21. The third-order valence-corrected chi connectivity index (χ3v) is 5.63. The van der Waals surface area contributed by atoms with Crippen molar-refractivity contribution in [2.45, 2.75) is 25.3 Å². The lowest BCUT2D eigenvalue weighted by Gasteiger charge is -2.43. The molecular weight excluding hydrogens is 439 g/mol. The molecule has 120 valence electrons. The van der Waals surface area contributed by atoms with Crippen LogP contribution in [-0.4, -0.2) is 31.1 Å². The van der Waals surface area contributed by atoms with Crippen LogP contribution in [0.5, 0.6) is 0 Å². The van der Waals surface area contributed by atoms with Crippen molar-refractivity contribution in [3.8, 4) is 0 Å². The third kappa shape index (κ3) is 4.58. The minimum atomic E-state index is 0. The van der Waals surface area contributed by atoms with Crippen LogP contribution in [-0.2, 0) is 0 Å². The highest BCUT2D eigenvalue weighted by Gasteiger charge is 2.34. The highest BCUT2D eigenvalue weighted by Crippen LogP contribution is 2.44. The molecule has 1 aliphatic heterocycles. The second-order valence-corrected chi connectivity index (χ2v) is 7.36. The maximum Gasteiger partial charge on any atom is 0.0388 e. The van der Waals surface area contributed by atoms with Gasteiger partial charge in [-0.2, -0.15) is 0 Å². The van der Waals surface area contributed by atoms with Crippen molar-refractivity contribution in [3.05, 3.63) is 32.7 Å². The van der Waals surface area contributed by atoms with Crippen molar-refractivity contribution in [2.24, 2.45) is 5.92 Å². The van der Waals surface area contributed by atoms with Crippen molar-refractivity contribution in [1.29, 1.82) is 0 Å². The summed E-state index contributed by atoms with van der Waals surface area (Å²) in [6.07, 6.45) is 4.17. The molecule has 2 nitrogen and oxygen atoms in total. The van der Waals surface area contributed by atoms with Crippen LogP contribution < -0.4 is 5.32 Å². The average Bonchev–Trinajstić information content (AvgIpc) is 2.38. The molecular formula is C15H22Br2Cl2N2. The van der Waals surface area contributed by atoms with Crippen LogP contribution >= 0.6 is 56.7 Å². The normalized spacial score (nSPS) is 20.9. The molecule has 1 aliphatic carbocycles. The second-order valence-electron chi connectivity index (χ2n) is 5.59. The van der Waals surface area contributed by atoms with E-state index < -0.39 is 0 Å². The minimum Gasteiger partial charge on any atom is -0.314 e. The van der Waals surface area contributed by atoms with Crippen LogP contribution in [0.2, 0.25) is 0 Å². The van der Waals surface area contributed by atoms with E-state index in [0.29, 0.717) is 6.04 Å². The van der Waals surface area contributed by atoms with Gasteiger partial charge in [-0.25, -0.2) is 0 Å². The number of nitrogens with one attached hydrogen (secondary N) is 1. The van der Waals surface area contributed by atoms with Gasteiger partial charge in [-0.1, -0.05) is 38.3 Å². The maximum absolute atomic E-state index is 3.76. The summed E-state index contributed by atoms with van der Waals surface area (Å²) in [7, 11) is 0. The number of piperazine rings is 1. The molecule has 1 saturated carbocycles. The molecule has 0 radical (unpaired) electrons. The summed E-state index contributed by atoms with van der Waals surface area (Å²) in [4.78, 5) is 2.67. The van der Waals surface area contributed by atoms with Crippen molar-refractivity contribution in [3.63, 3.8) is 0 Å². The predicted molar refractivity (Wildman–Crippen MR) is 101 cm³/mol. The second kappa shape index (κ2) is 9.09. The van der Waals surface area contributed by atoms with E-state index in [1.54, 1.807) is 0 Å². The molecule has 1 aromatic rings. The Balaban J connectivity index is 0.00000110. The van der Waals surface area contributed by atoms with Crippen molar-refractivity contribution >= 4 is 56.7 Å². The topological polar surface area (TPSA) is 15.3 Å². The fourth-order valence-corrected chi connectivity index (χ4v) is 4.07. The summed E-state index contributed by atoms with van der Waals surface area (Å²) in [5, 5.41) is 3.46. The van der Waals surface area contributed by atoms with Gasteiger partial charge in [0.2, 0.25) is 0 Å². The van der Waals surface area contributed by atoms with Gasteiger partial charge in [-0.3, -0.25) is 4.90 Å². The molecule has 2 aliphatic rings. The number of hydrogen-bond acceptors (Lipinski definition) is 2. The van der Waals surface area contributed by atoms with Crippen molar-refractivity contribution < 1.29 is 0 Å². The van der Waals surface area contributed by atoms with Gasteiger partial charge >= 0.3 is 0 Å². The monoisotopic (exact) mass is 458 g/mol. The fraction of sp³-hybridized carbons (Fsp3) is 0.600. The molecule has 0 spiro atoms. The van der Waals surface area contributed by atoms with Gasteiger partial charge in [0.25, 0.3) is 0 Å². The first-order chi connectivity index (χ1) is 9.25. The number of nitrogens with zero attached hydrogens (tertiary/aromatic N) is 1. The number of rotatable bonds is 3. The zero-order chi connectivity index (χ0) is 13.2. The Morgan fingerprint density at radius 1 is 1.10 bits per heavy atom. The maximum atomic E-state index is 3.76. The molecule has 0 bridgehead atoms. The van der Waals surface area contributed by atoms with E-state index in [1.165, 1.54) is 46.9 Å². The number of benzene rings is 1.